The van der Waals surface area contributed by atoms with Gasteiger partial charge in [-0.25, -0.2) is 0 Å². The van der Waals surface area contributed by atoms with Crippen molar-refractivity contribution in [3.8, 4) is 0 Å². The molecule has 2 aliphatic rings. The molecule has 6 heteroatoms. The molecule has 0 saturated heterocycles. The molecule has 0 radical (unpaired) electrons. The van der Waals surface area contributed by atoms with Crippen LogP contribution in [0, 0.1) is 0 Å². The first kappa shape index (κ1) is 17.7. The Morgan fingerprint density at radius 1 is 0.857 bits per heavy atom. The molecule has 0 aromatic rings. The van der Waals surface area contributed by atoms with Crippen molar-refractivity contribution in [3.05, 3.63) is 0 Å². The molecule has 0 bridgehead atoms. The third-order valence-electron chi connectivity index (χ3n) is 5.40. The Hall–Kier alpha value is 0.380. The summed E-state index contributed by atoms with van der Waals surface area (Å²) < 4.78 is 25.4. The Balaban J connectivity index is 1.99. The SMILES string of the molecule is CC(CP(=O)(O)C1CCCCC1)P(=O)(O)C1CCCCC1. The maximum atomic E-state index is 12.8. The van der Waals surface area contributed by atoms with Crippen LogP contribution in [0.3, 0.4) is 0 Å². The third kappa shape index (κ3) is 4.44. The Labute approximate surface area is 128 Å². The van der Waals surface area contributed by atoms with E-state index in [0.717, 1.165) is 64.2 Å². The molecule has 3 unspecified atom stereocenters. The summed E-state index contributed by atoms with van der Waals surface area (Å²) in [5.74, 6) is 0. The van der Waals surface area contributed by atoms with E-state index in [1.807, 2.05) is 0 Å². The number of rotatable bonds is 5. The van der Waals surface area contributed by atoms with E-state index in [4.69, 9.17) is 0 Å². The predicted octanol–water partition coefficient (Wildman–Crippen LogP) is 4.58. The second kappa shape index (κ2) is 7.30. The molecular formula is C15H30O4P2. The zero-order chi connectivity index (χ0) is 15.5. The van der Waals surface area contributed by atoms with E-state index < -0.39 is 20.4 Å². The van der Waals surface area contributed by atoms with Crippen molar-refractivity contribution in [2.45, 2.75) is 88.1 Å². The molecule has 0 heterocycles. The molecule has 3 atom stereocenters. The molecule has 2 saturated carbocycles. The lowest BCUT2D eigenvalue weighted by molar-refractivity contribution is 0.404. The molecule has 0 amide bonds. The second-order valence-electron chi connectivity index (χ2n) is 7.04. The van der Waals surface area contributed by atoms with Gasteiger partial charge in [0.1, 0.15) is 0 Å². The van der Waals surface area contributed by atoms with Crippen LogP contribution in [0.15, 0.2) is 0 Å². The van der Waals surface area contributed by atoms with Crippen LogP contribution in [0.2, 0.25) is 0 Å². The van der Waals surface area contributed by atoms with Crippen molar-refractivity contribution in [3.63, 3.8) is 0 Å². The van der Waals surface area contributed by atoms with Gasteiger partial charge >= 0.3 is 0 Å². The molecule has 21 heavy (non-hydrogen) atoms. The molecular weight excluding hydrogens is 306 g/mol. The van der Waals surface area contributed by atoms with Gasteiger partial charge < -0.3 is 9.79 Å². The average Bonchev–Trinajstić information content (AvgIpc) is 2.48. The summed E-state index contributed by atoms with van der Waals surface area (Å²) in [5.41, 5.74) is -0.828. The van der Waals surface area contributed by atoms with Crippen LogP contribution in [-0.2, 0) is 9.13 Å². The first-order valence-electron chi connectivity index (χ1n) is 8.47. The summed E-state index contributed by atoms with van der Waals surface area (Å²) >= 11 is 0. The molecule has 0 aromatic carbocycles. The van der Waals surface area contributed by atoms with Crippen LogP contribution in [0.4, 0.5) is 0 Å². The molecule has 124 valence electrons. The minimum absolute atomic E-state index is 0.0297. The summed E-state index contributed by atoms with van der Waals surface area (Å²) in [6.45, 7) is 1.71. The summed E-state index contributed by atoms with van der Waals surface area (Å²) in [5, 5.41) is 0. The highest BCUT2D eigenvalue weighted by molar-refractivity contribution is 7.63. The molecule has 0 spiro atoms. The van der Waals surface area contributed by atoms with Gasteiger partial charge in [0, 0.05) is 23.1 Å². The fraction of sp³-hybridized carbons (Fsp3) is 1.00. The van der Waals surface area contributed by atoms with Gasteiger partial charge in [0.2, 0.25) is 14.7 Å². The fourth-order valence-corrected chi connectivity index (χ4v) is 9.63. The first-order valence-corrected chi connectivity index (χ1v) is 12.2. The van der Waals surface area contributed by atoms with E-state index in [9.17, 15) is 18.9 Å². The van der Waals surface area contributed by atoms with E-state index >= 15 is 0 Å². The first-order chi connectivity index (χ1) is 9.84. The van der Waals surface area contributed by atoms with Crippen molar-refractivity contribution in [1.29, 1.82) is 0 Å². The van der Waals surface area contributed by atoms with E-state index in [2.05, 4.69) is 0 Å². The zero-order valence-corrected chi connectivity index (χ0v) is 14.9. The van der Waals surface area contributed by atoms with Crippen LogP contribution in [0.25, 0.3) is 0 Å². The standard InChI is InChI=1S/C15H30O4P2/c1-13(21(18,19)15-10-6-3-7-11-15)12-20(16,17)14-8-4-2-5-9-14/h13-15H,2-12H2,1H3,(H,16,17)(H,18,19). The van der Waals surface area contributed by atoms with Crippen molar-refractivity contribution < 1.29 is 18.9 Å². The highest BCUT2D eigenvalue weighted by Gasteiger charge is 2.42. The van der Waals surface area contributed by atoms with Crippen LogP contribution < -0.4 is 0 Å². The van der Waals surface area contributed by atoms with Crippen LogP contribution in [0.1, 0.15) is 71.1 Å². The van der Waals surface area contributed by atoms with Gasteiger partial charge in [-0.05, 0) is 25.7 Å². The van der Waals surface area contributed by atoms with Gasteiger partial charge in [-0.3, -0.25) is 9.13 Å². The lowest BCUT2D eigenvalue weighted by atomic mass is 10.0. The largest absolute Gasteiger partial charge is 0.344 e. The van der Waals surface area contributed by atoms with Gasteiger partial charge in [-0.15, -0.1) is 0 Å². The molecule has 0 aromatic heterocycles. The summed E-state index contributed by atoms with van der Waals surface area (Å²) in [4.78, 5) is 20.9. The van der Waals surface area contributed by atoms with Gasteiger partial charge in [0.15, 0.2) is 0 Å². The molecule has 0 aliphatic heterocycles. The minimum Gasteiger partial charge on any atom is -0.344 e. The van der Waals surface area contributed by atoms with Crippen LogP contribution >= 0.6 is 14.7 Å². The average molecular weight is 336 g/mol. The topological polar surface area (TPSA) is 74.6 Å². The maximum absolute atomic E-state index is 12.8. The van der Waals surface area contributed by atoms with Gasteiger partial charge in [-0.2, -0.15) is 0 Å². The maximum Gasteiger partial charge on any atom is 0.206 e. The lowest BCUT2D eigenvalue weighted by Gasteiger charge is -2.33. The Kier molecular flexibility index (Phi) is 6.16. The molecule has 2 aliphatic carbocycles. The normalized spacial score (nSPS) is 29.5. The van der Waals surface area contributed by atoms with Crippen LogP contribution in [-0.4, -0.2) is 32.9 Å². The van der Waals surface area contributed by atoms with E-state index in [1.54, 1.807) is 6.92 Å². The van der Waals surface area contributed by atoms with E-state index in [-0.39, 0.29) is 17.5 Å². The molecule has 2 fully saturated rings. The van der Waals surface area contributed by atoms with Crippen molar-refractivity contribution in [2.75, 3.05) is 6.16 Å². The smallest absolute Gasteiger partial charge is 0.206 e. The highest BCUT2D eigenvalue weighted by atomic mass is 31.2. The minimum atomic E-state index is -3.34. The molecule has 2 N–H and O–H groups in total. The van der Waals surface area contributed by atoms with Gasteiger partial charge in [0.25, 0.3) is 0 Å². The van der Waals surface area contributed by atoms with Crippen molar-refractivity contribution in [1.82, 2.24) is 0 Å². The van der Waals surface area contributed by atoms with Crippen molar-refractivity contribution in [2.24, 2.45) is 0 Å². The molecule has 4 nitrogen and oxygen atoms in total. The third-order valence-corrected chi connectivity index (χ3v) is 11.4. The molecule has 2 rings (SSSR count). The van der Waals surface area contributed by atoms with E-state index in [1.165, 1.54) is 0 Å². The summed E-state index contributed by atoms with van der Waals surface area (Å²) in [6, 6.07) is 0. The summed E-state index contributed by atoms with van der Waals surface area (Å²) in [7, 11) is -6.64. The number of hydrogen-bond acceptors (Lipinski definition) is 2. The zero-order valence-electron chi connectivity index (χ0n) is 13.1. The highest BCUT2D eigenvalue weighted by Crippen LogP contribution is 2.61. The van der Waals surface area contributed by atoms with Gasteiger partial charge in [0.05, 0.1) is 0 Å². The monoisotopic (exact) mass is 336 g/mol. The fourth-order valence-electron chi connectivity index (χ4n) is 3.94. The van der Waals surface area contributed by atoms with Crippen molar-refractivity contribution >= 4 is 14.7 Å². The summed E-state index contributed by atoms with van der Waals surface area (Å²) in [6.07, 6.45) is 9.60. The Morgan fingerprint density at radius 2 is 1.29 bits per heavy atom. The lowest BCUT2D eigenvalue weighted by Crippen LogP contribution is -2.24. The second-order valence-corrected chi connectivity index (χ2v) is 12.6. The van der Waals surface area contributed by atoms with Gasteiger partial charge in [-0.1, -0.05) is 45.4 Å². The van der Waals surface area contributed by atoms with Crippen LogP contribution in [0.5, 0.6) is 0 Å². The predicted molar refractivity (Wildman–Crippen MR) is 87.7 cm³/mol. The van der Waals surface area contributed by atoms with E-state index in [0.29, 0.717) is 0 Å². The quantitative estimate of drug-likeness (QED) is 0.721. The Morgan fingerprint density at radius 3 is 1.76 bits per heavy atom. The Bertz CT molecular complexity index is 425. The number of hydrogen-bond donors (Lipinski definition) is 2.